The van der Waals surface area contributed by atoms with Crippen LogP contribution in [0.25, 0.3) is 0 Å². The van der Waals surface area contributed by atoms with Crippen LogP contribution in [-0.2, 0) is 0 Å². The minimum atomic E-state index is 0.485. The average Bonchev–Trinajstić information content (AvgIpc) is 2.04. The predicted molar refractivity (Wildman–Crippen MR) is 57.9 cm³/mol. The molecular weight excluding hydrogens is 165 g/mol. The summed E-state index contributed by atoms with van der Waals surface area (Å²) in [5.74, 6) is 0. The van der Waals surface area contributed by atoms with Gasteiger partial charge in [-0.15, -0.1) is 9.24 Å². The van der Waals surface area contributed by atoms with E-state index in [1.54, 1.807) is 0 Å². The molecule has 2 heteroatoms. The lowest BCUT2D eigenvalue weighted by Gasteiger charge is -2.21. The summed E-state index contributed by atoms with van der Waals surface area (Å²) in [6.07, 6.45) is 0. The van der Waals surface area contributed by atoms with Gasteiger partial charge in [-0.2, -0.15) is 0 Å². The van der Waals surface area contributed by atoms with Gasteiger partial charge >= 0.3 is 0 Å². The third kappa shape index (κ3) is 2.06. The molecule has 1 rings (SSSR count). The van der Waals surface area contributed by atoms with Crippen LogP contribution in [0.15, 0.2) is 24.3 Å². The summed E-state index contributed by atoms with van der Waals surface area (Å²) in [5, 5.41) is 1.29. The summed E-state index contributed by atoms with van der Waals surface area (Å²) in [6, 6.07) is 8.93. The zero-order valence-corrected chi connectivity index (χ0v) is 9.07. The SMILES string of the molecule is C[C@H](c1ccccc1P)N(C)C. The summed E-state index contributed by atoms with van der Waals surface area (Å²) in [6.45, 7) is 2.21. The van der Waals surface area contributed by atoms with E-state index in [0.717, 1.165) is 0 Å². The molecule has 1 aromatic rings. The molecule has 1 unspecified atom stereocenters. The van der Waals surface area contributed by atoms with Gasteiger partial charge in [-0.25, -0.2) is 0 Å². The molecule has 0 N–H and O–H groups in total. The zero-order valence-electron chi connectivity index (χ0n) is 7.91. The fourth-order valence-electron chi connectivity index (χ4n) is 1.17. The maximum absolute atomic E-state index is 2.77. The number of hydrogen-bond donors (Lipinski definition) is 0. The van der Waals surface area contributed by atoms with Crippen molar-refractivity contribution in [1.29, 1.82) is 0 Å². The molecule has 2 atom stereocenters. The molecule has 0 aliphatic rings. The van der Waals surface area contributed by atoms with E-state index < -0.39 is 0 Å². The molecule has 1 aromatic carbocycles. The van der Waals surface area contributed by atoms with Gasteiger partial charge in [0.05, 0.1) is 0 Å². The fourth-order valence-corrected chi connectivity index (χ4v) is 1.62. The first kappa shape index (κ1) is 9.70. The van der Waals surface area contributed by atoms with E-state index in [2.05, 4.69) is 59.4 Å². The standard InChI is InChI=1S/C10H16NP/c1-8(11(2)3)9-6-4-5-7-10(9)12/h4-8H,12H2,1-3H3/t8-/m1/s1. The molecule has 0 aromatic heterocycles. The van der Waals surface area contributed by atoms with Crippen molar-refractivity contribution in [3.8, 4) is 0 Å². The molecule has 0 aliphatic carbocycles. The summed E-state index contributed by atoms with van der Waals surface area (Å²) in [7, 11) is 6.97. The van der Waals surface area contributed by atoms with Crippen LogP contribution in [0.3, 0.4) is 0 Å². The molecular formula is C10H16NP. The van der Waals surface area contributed by atoms with E-state index in [1.807, 2.05) is 0 Å². The highest BCUT2D eigenvalue weighted by molar-refractivity contribution is 7.27. The molecule has 0 spiro atoms. The Morgan fingerprint density at radius 1 is 1.25 bits per heavy atom. The Hall–Kier alpha value is -0.390. The van der Waals surface area contributed by atoms with Crippen LogP contribution >= 0.6 is 9.24 Å². The number of hydrogen-bond acceptors (Lipinski definition) is 1. The van der Waals surface area contributed by atoms with Gasteiger partial charge in [0.15, 0.2) is 0 Å². The van der Waals surface area contributed by atoms with Crippen LogP contribution in [0.2, 0.25) is 0 Å². The van der Waals surface area contributed by atoms with Gasteiger partial charge in [0.25, 0.3) is 0 Å². The van der Waals surface area contributed by atoms with Crippen molar-refractivity contribution in [2.75, 3.05) is 14.1 Å². The molecule has 0 saturated carbocycles. The summed E-state index contributed by atoms with van der Waals surface area (Å²) < 4.78 is 0. The monoisotopic (exact) mass is 181 g/mol. The van der Waals surface area contributed by atoms with Gasteiger partial charge in [0.1, 0.15) is 0 Å². The Bertz CT molecular complexity index is 258. The number of benzene rings is 1. The molecule has 0 heterocycles. The Morgan fingerprint density at radius 2 is 1.83 bits per heavy atom. The van der Waals surface area contributed by atoms with Crippen LogP contribution in [0, 0.1) is 0 Å². The van der Waals surface area contributed by atoms with Crippen LogP contribution in [0.1, 0.15) is 18.5 Å². The first-order valence-corrected chi connectivity index (χ1v) is 4.71. The minimum absolute atomic E-state index is 0.485. The van der Waals surface area contributed by atoms with E-state index in [9.17, 15) is 0 Å². The lowest BCUT2D eigenvalue weighted by atomic mass is 10.1. The lowest BCUT2D eigenvalue weighted by Crippen LogP contribution is -2.20. The molecule has 0 radical (unpaired) electrons. The van der Waals surface area contributed by atoms with Crippen molar-refractivity contribution >= 4 is 14.5 Å². The third-order valence-electron chi connectivity index (χ3n) is 2.22. The largest absolute Gasteiger partial charge is 0.303 e. The molecule has 0 fully saturated rings. The quantitative estimate of drug-likeness (QED) is 0.629. The van der Waals surface area contributed by atoms with Gasteiger partial charge in [0.2, 0.25) is 0 Å². The second-order valence-corrected chi connectivity index (χ2v) is 3.89. The number of rotatable bonds is 2. The topological polar surface area (TPSA) is 3.24 Å². The molecule has 0 bridgehead atoms. The molecule has 0 amide bonds. The van der Waals surface area contributed by atoms with Gasteiger partial charge in [-0.1, -0.05) is 24.3 Å². The molecule has 66 valence electrons. The van der Waals surface area contributed by atoms with Crippen LogP contribution < -0.4 is 5.30 Å². The van der Waals surface area contributed by atoms with Gasteiger partial charge < -0.3 is 4.90 Å². The average molecular weight is 181 g/mol. The van der Waals surface area contributed by atoms with Crippen LogP contribution in [0.4, 0.5) is 0 Å². The molecule has 0 saturated heterocycles. The smallest absolute Gasteiger partial charge is 0.0319 e. The Kier molecular flexibility index (Phi) is 3.25. The highest BCUT2D eigenvalue weighted by Crippen LogP contribution is 2.16. The Morgan fingerprint density at radius 3 is 2.33 bits per heavy atom. The first-order chi connectivity index (χ1) is 5.63. The van der Waals surface area contributed by atoms with Crippen molar-refractivity contribution in [3.63, 3.8) is 0 Å². The number of nitrogens with zero attached hydrogens (tertiary/aromatic N) is 1. The highest BCUT2D eigenvalue weighted by Gasteiger charge is 2.08. The van der Waals surface area contributed by atoms with Gasteiger partial charge in [0, 0.05) is 6.04 Å². The van der Waals surface area contributed by atoms with E-state index in [-0.39, 0.29) is 0 Å². The van der Waals surface area contributed by atoms with Gasteiger partial charge in [-0.3, -0.25) is 0 Å². The lowest BCUT2D eigenvalue weighted by molar-refractivity contribution is 0.322. The van der Waals surface area contributed by atoms with Crippen LogP contribution in [-0.4, -0.2) is 19.0 Å². The molecule has 12 heavy (non-hydrogen) atoms. The van der Waals surface area contributed by atoms with E-state index in [0.29, 0.717) is 6.04 Å². The normalized spacial score (nSPS) is 13.4. The van der Waals surface area contributed by atoms with Crippen LogP contribution in [0.5, 0.6) is 0 Å². The van der Waals surface area contributed by atoms with Crippen molar-refractivity contribution < 1.29 is 0 Å². The summed E-state index contributed by atoms with van der Waals surface area (Å²) in [4.78, 5) is 2.21. The van der Waals surface area contributed by atoms with E-state index in [1.165, 1.54) is 10.9 Å². The Labute approximate surface area is 77.0 Å². The van der Waals surface area contributed by atoms with Crippen molar-refractivity contribution in [3.05, 3.63) is 29.8 Å². The predicted octanol–water partition coefficient (Wildman–Crippen LogP) is 1.81. The maximum Gasteiger partial charge on any atom is 0.0319 e. The van der Waals surface area contributed by atoms with E-state index in [4.69, 9.17) is 0 Å². The fraction of sp³-hybridized carbons (Fsp3) is 0.400. The Balaban J connectivity index is 2.94. The summed E-state index contributed by atoms with van der Waals surface area (Å²) >= 11 is 0. The second-order valence-electron chi connectivity index (χ2n) is 3.27. The zero-order chi connectivity index (χ0) is 9.14. The molecule has 1 nitrogen and oxygen atoms in total. The second kappa shape index (κ2) is 4.02. The third-order valence-corrected chi connectivity index (χ3v) is 2.75. The van der Waals surface area contributed by atoms with Gasteiger partial charge in [-0.05, 0) is 31.9 Å². The maximum atomic E-state index is 2.77. The first-order valence-electron chi connectivity index (χ1n) is 4.13. The minimum Gasteiger partial charge on any atom is -0.303 e. The van der Waals surface area contributed by atoms with Crippen molar-refractivity contribution in [1.82, 2.24) is 4.90 Å². The van der Waals surface area contributed by atoms with Crippen molar-refractivity contribution in [2.24, 2.45) is 0 Å². The highest BCUT2D eigenvalue weighted by atomic mass is 31.0. The van der Waals surface area contributed by atoms with Crippen molar-refractivity contribution in [2.45, 2.75) is 13.0 Å². The van der Waals surface area contributed by atoms with E-state index >= 15 is 0 Å². The summed E-state index contributed by atoms with van der Waals surface area (Å²) in [5.41, 5.74) is 1.38. The molecule has 0 aliphatic heterocycles.